The fourth-order valence-corrected chi connectivity index (χ4v) is 1.46. The third kappa shape index (κ3) is 5.74. The molecule has 1 rings (SSSR count). The summed E-state index contributed by atoms with van der Waals surface area (Å²) >= 11 is 1.43. The standard InChI is InChI=1S/C11H19N3O2S/c1-11(2,3)16-6-5-15-9-7-8(12)13-10(14-9)17-4/h7H,5-6H2,1-4H3,(H2,12,13,14). The molecule has 0 spiro atoms. The first-order valence-electron chi connectivity index (χ1n) is 5.36. The number of ether oxygens (including phenoxy) is 2. The second-order valence-corrected chi connectivity index (χ2v) is 5.20. The maximum atomic E-state index is 5.63. The van der Waals surface area contributed by atoms with E-state index in [0.717, 1.165) is 0 Å². The van der Waals surface area contributed by atoms with Crippen LogP contribution in [0.15, 0.2) is 11.2 Å². The van der Waals surface area contributed by atoms with Crippen LogP contribution >= 0.6 is 11.8 Å². The Morgan fingerprint density at radius 3 is 2.59 bits per heavy atom. The average molecular weight is 257 g/mol. The first kappa shape index (κ1) is 14.1. The maximum absolute atomic E-state index is 5.63. The molecule has 0 fully saturated rings. The van der Waals surface area contributed by atoms with Gasteiger partial charge < -0.3 is 15.2 Å². The van der Waals surface area contributed by atoms with Crippen molar-refractivity contribution in [1.82, 2.24) is 9.97 Å². The molecule has 0 radical (unpaired) electrons. The molecule has 0 aliphatic heterocycles. The molecular weight excluding hydrogens is 238 g/mol. The van der Waals surface area contributed by atoms with Gasteiger partial charge in [-0.25, -0.2) is 4.98 Å². The lowest BCUT2D eigenvalue weighted by molar-refractivity contribution is -0.0168. The molecule has 0 bridgehead atoms. The second kappa shape index (κ2) is 6.07. The predicted molar refractivity (Wildman–Crippen MR) is 69.4 cm³/mol. The van der Waals surface area contributed by atoms with E-state index in [1.54, 1.807) is 6.07 Å². The van der Waals surface area contributed by atoms with Gasteiger partial charge in [0.2, 0.25) is 5.88 Å². The van der Waals surface area contributed by atoms with E-state index in [2.05, 4.69) is 9.97 Å². The molecule has 1 aromatic heterocycles. The van der Waals surface area contributed by atoms with Crippen LogP contribution in [0, 0.1) is 0 Å². The summed E-state index contributed by atoms with van der Waals surface area (Å²) in [7, 11) is 0. The highest BCUT2D eigenvalue weighted by molar-refractivity contribution is 7.98. The van der Waals surface area contributed by atoms with E-state index in [0.29, 0.717) is 30.1 Å². The van der Waals surface area contributed by atoms with Gasteiger partial charge in [-0.05, 0) is 27.0 Å². The number of nitrogens with two attached hydrogens (primary N) is 1. The summed E-state index contributed by atoms with van der Waals surface area (Å²) in [4.78, 5) is 8.22. The quantitative estimate of drug-likeness (QED) is 0.494. The van der Waals surface area contributed by atoms with Gasteiger partial charge in [-0.3, -0.25) is 0 Å². The molecule has 5 nitrogen and oxygen atoms in total. The Balaban J connectivity index is 2.44. The predicted octanol–water partition coefficient (Wildman–Crippen LogP) is 1.97. The lowest BCUT2D eigenvalue weighted by Crippen LogP contribution is -2.22. The first-order valence-corrected chi connectivity index (χ1v) is 6.58. The van der Waals surface area contributed by atoms with Crippen molar-refractivity contribution in [2.24, 2.45) is 0 Å². The molecular formula is C11H19N3O2S. The molecule has 6 heteroatoms. The summed E-state index contributed by atoms with van der Waals surface area (Å²) < 4.78 is 11.0. The fourth-order valence-electron chi connectivity index (χ4n) is 1.08. The van der Waals surface area contributed by atoms with E-state index < -0.39 is 0 Å². The summed E-state index contributed by atoms with van der Waals surface area (Å²) in [5.41, 5.74) is 5.48. The summed E-state index contributed by atoms with van der Waals surface area (Å²) in [5, 5.41) is 0.608. The van der Waals surface area contributed by atoms with Crippen LogP contribution in [-0.2, 0) is 4.74 Å². The molecule has 0 aliphatic carbocycles. The summed E-state index contributed by atoms with van der Waals surface area (Å²) in [5.74, 6) is 0.899. The Morgan fingerprint density at radius 1 is 1.29 bits per heavy atom. The number of aromatic nitrogens is 2. The number of rotatable bonds is 5. The van der Waals surface area contributed by atoms with Gasteiger partial charge in [0, 0.05) is 6.07 Å². The van der Waals surface area contributed by atoms with E-state index in [-0.39, 0.29) is 5.60 Å². The average Bonchev–Trinajstić information content (AvgIpc) is 2.22. The van der Waals surface area contributed by atoms with Crippen LogP contribution in [0.5, 0.6) is 5.88 Å². The van der Waals surface area contributed by atoms with Crippen LogP contribution in [0.1, 0.15) is 20.8 Å². The number of nitrogen functional groups attached to an aromatic ring is 1. The minimum absolute atomic E-state index is 0.154. The number of thioether (sulfide) groups is 1. The third-order valence-corrected chi connectivity index (χ3v) is 2.30. The van der Waals surface area contributed by atoms with E-state index in [9.17, 15) is 0 Å². The van der Waals surface area contributed by atoms with Gasteiger partial charge in [0.15, 0.2) is 5.16 Å². The zero-order chi connectivity index (χ0) is 12.9. The molecule has 0 saturated carbocycles. The Morgan fingerprint density at radius 2 is 2.00 bits per heavy atom. The zero-order valence-corrected chi connectivity index (χ0v) is 11.5. The molecule has 0 atom stereocenters. The van der Waals surface area contributed by atoms with Crippen LogP contribution in [0.4, 0.5) is 5.82 Å². The molecule has 0 saturated heterocycles. The van der Waals surface area contributed by atoms with Crippen molar-refractivity contribution in [3.8, 4) is 5.88 Å². The van der Waals surface area contributed by atoms with E-state index in [1.165, 1.54) is 11.8 Å². The second-order valence-electron chi connectivity index (χ2n) is 4.43. The highest BCUT2D eigenvalue weighted by Gasteiger charge is 2.09. The summed E-state index contributed by atoms with van der Waals surface area (Å²) in [6.45, 7) is 6.97. The monoisotopic (exact) mass is 257 g/mol. The van der Waals surface area contributed by atoms with Crippen LogP contribution in [-0.4, -0.2) is 35.0 Å². The molecule has 17 heavy (non-hydrogen) atoms. The number of hydrogen-bond donors (Lipinski definition) is 1. The van der Waals surface area contributed by atoms with Gasteiger partial charge in [-0.1, -0.05) is 11.8 Å². The van der Waals surface area contributed by atoms with Gasteiger partial charge in [0.1, 0.15) is 12.4 Å². The molecule has 1 aromatic rings. The highest BCUT2D eigenvalue weighted by atomic mass is 32.2. The Kier molecular flexibility index (Phi) is 5.02. The smallest absolute Gasteiger partial charge is 0.219 e. The van der Waals surface area contributed by atoms with E-state index in [1.807, 2.05) is 27.0 Å². The minimum Gasteiger partial charge on any atom is -0.475 e. The van der Waals surface area contributed by atoms with E-state index >= 15 is 0 Å². The van der Waals surface area contributed by atoms with Crippen molar-refractivity contribution in [1.29, 1.82) is 0 Å². The van der Waals surface area contributed by atoms with E-state index in [4.69, 9.17) is 15.2 Å². The van der Waals surface area contributed by atoms with Crippen molar-refractivity contribution in [3.63, 3.8) is 0 Å². The lowest BCUT2D eigenvalue weighted by Gasteiger charge is -2.19. The summed E-state index contributed by atoms with van der Waals surface area (Å²) in [6.07, 6.45) is 1.89. The Labute approximate surface area is 106 Å². The van der Waals surface area contributed by atoms with Gasteiger partial charge in [-0.15, -0.1) is 0 Å². The molecule has 1 heterocycles. The minimum atomic E-state index is -0.154. The van der Waals surface area contributed by atoms with Gasteiger partial charge in [0.25, 0.3) is 0 Å². The molecule has 2 N–H and O–H groups in total. The zero-order valence-electron chi connectivity index (χ0n) is 10.7. The topological polar surface area (TPSA) is 70.3 Å². The van der Waals surface area contributed by atoms with Gasteiger partial charge >= 0.3 is 0 Å². The molecule has 0 amide bonds. The number of nitrogens with zero attached hydrogens (tertiary/aromatic N) is 2. The van der Waals surface area contributed by atoms with Crippen LogP contribution in [0.25, 0.3) is 0 Å². The molecule has 0 aromatic carbocycles. The Bertz CT molecular complexity index is 366. The molecule has 96 valence electrons. The molecule has 0 aliphatic rings. The van der Waals surface area contributed by atoms with Crippen LogP contribution in [0.3, 0.4) is 0 Å². The first-order chi connectivity index (χ1) is 7.90. The van der Waals surface area contributed by atoms with Crippen molar-refractivity contribution in [2.75, 3.05) is 25.2 Å². The normalized spacial score (nSPS) is 11.5. The van der Waals surface area contributed by atoms with Crippen molar-refractivity contribution in [2.45, 2.75) is 31.5 Å². The molecule has 0 unspecified atom stereocenters. The SMILES string of the molecule is CSc1nc(N)cc(OCCOC(C)(C)C)n1. The van der Waals surface area contributed by atoms with Gasteiger partial charge in [0.05, 0.1) is 12.2 Å². The summed E-state index contributed by atoms with van der Waals surface area (Å²) in [6, 6.07) is 1.61. The van der Waals surface area contributed by atoms with Crippen molar-refractivity contribution < 1.29 is 9.47 Å². The fraction of sp³-hybridized carbons (Fsp3) is 0.636. The highest BCUT2D eigenvalue weighted by Crippen LogP contribution is 2.16. The van der Waals surface area contributed by atoms with Crippen molar-refractivity contribution >= 4 is 17.6 Å². The lowest BCUT2D eigenvalue weighted by atomic mass is 10.2. The largest absolute Gasteiger partial charge is 0.475 e. The van der Waals surface area contributed by atoms with Crippen LogP contribution in [0.2, 0.25) is 0 Å². The van der Waals surface area contributed by atoms with Crippen molar-refractivity contribution in [3.05, 3.63) is 6.07 Å². The number of anilines is 1. The third-order valence-electron chi connectivity index (χ3n) is 1.75. The maximum Gasteiger partial charge on any atom is 0.219 e. The van der Waals surface area contributed by atoms with Crippen LogP contribution < -0.4 is 10.5 Å². The Hall–Kier alpha value is -1.01. The van der Waals surface area contributed by atoms with Gasteiger partial charge in [-0.2, -0.15) is 4.98 Å². The number of hydrogen-bond acceptors (Lipinski definition) is 6.